The lowest BCUT2D eigenvalue weighted by molar-refractivity contribution is -0.121. The predicted molar refractivity (Wildman–Crippen MR) is 34.8 cm³/mol. The SMILES string of the molecule is C.CC(=O)C1(C)CC1. The molecule has 1 aliphatic carbocycles. The van der Waals surface area contributed by atoms with Gasteiger partial charge >= 0.3 is 0 Å². The van der Waals surface area contributed by atoms with Crippen LogP contribution in [0.1, 0.15) is 34.1 Å². The Labute approximate surface area is 51.1 Å². The summed E-state index contributed by atoms with van der Waals surface area (Å²) in [5.41, 5.74) is 0.111. The quantitative estimate of drug-likeness (QED) is 0.509. The minimum atomic E-state index is 0. The molecular weight excluding hydrogens is 100 g/mol. The zero-order chi connectivity index (χ0) is 5.49. The fraction of sp³-hybridized carbons (Fsp3) is 0.857. The molecule has 0 N–H and O–H groups in total. The van der Waals surface area contributed by atoms with Crippen LogP contribution >= 0.6 is 0 Å². The van der Waals surface area contributed by atoms with Crippen molar-refractivity contribution in [2.45, 2.75) is 34.1 Å². The van der Waals surface area contributed by atoms with Crippen molar-refractivity contribution in [2.24, 2.45) is 5.41 Å². The second-order valence-corrected chi connectivity index (χ2v) is 2.62. The van der Waals surface area contributed by atoms with Gasteiger partial charge in [-0.3, -0.25) is 4.79 Å². The Balaban J connectivity index is 0.000000490. The van der Waals surface area contributed by atoms with Crippen LogP contribution in [0.5, 0.6) is 0 Å². The van der Waals surface area contributed by atoms with Gasteiger partial charge in [0.25, 0.3) is 0 Å². The highest BCUT2D eigenvalue weighted by atomic mass is 16.1. The zero-order valence-electron chi connectivity index (χ0n) is 4.82. The molecule has 1 heteroatoms. The number of hydrogen-bond donors (Lipinski definition) is 0. The van der Waals surface area contributed by atoms with Crippen LogP contribution in [0, 0.1) is 5.41 Å². The van der Waals surface area contributed by atoms with Crippen LogP contribution in [0.15, 0.2) is 0 Å². The summed E-state index contributed by atoms with van der Waals surface area (Å²) in [6, 6.07) is 0. The van der Waals surface area contributed by atoms with Crippen molar-refractivity contribution in [3.63, 3.8) is 0 Å². The lowest BCUT2D eigenvalue weighted by atomic mass is 10.1. The molecule has 1 nitrogen and oxygen atoms in total. The van der Waals surface area contributed by atoms with Crippen LogP contribution in [0.3, 0.4) is 0 Å². The monoisotopic (exact) mass is 114 g/mol. The molecule has 0 atom stereocenters. The Morgan fingerprint density at radius 2 is 1.88 bits per heavy atom. The van der Waals surface area contributed by atoms with Crippen LogP contribution in [0.4, 0.5) is 0 Å². The Kier molecular flexibility index (Phi) is 1.81. The second-order valence-electron chi connectivity index (χ2n) is 2.62. The minimum Gasteiger partial charge on any atom is -0.299 e. The molecule has 0 aromatic carbocycles. The van der Waals surface area contributed by atoms with E-state index in [9.17, 15) is 4.79 Å². The molecule has 1 aliphatic rings. The Bertz CT molecular complexity index is 101. The molecular formula is C7H14O. The van der Waals surface area contributed by atoms with Crippen molar-refractivity contribution >= 4 is 5.78 Å². The first-order valence-electron chi connectivity index (χ1n) is 2.66. The maximum absolute atomic E-state index is 10.5. The number of hydrogen-bond acceptors (Lipinski definition) is 1. The summed E-state index contributed by atoms with van der Waals surface area (Å²) in [5.74, 6) is 0.354. The summed E-state index contributed by atoms with van der Waals surface area (Å²) >= 11 is 0. The second kappa shape index (κ2) is 1.88. The first-order chi connectivity index (χ1) is 3.15. The van der Waals surface area contributed by atoms with Crippen molar-refractivity contribution < 1.29 is 4.79 Å². The molecule has 1 saturated carbocycles. The average Bonchev–Trinajstić information content (AvgIpc) is 2.21. The van der Waals surface area contributed by atoms with E-state index in [1.165, 1.54) is 0 Å². The largest absolute Gasteiger partial charge is 0.299 e. The van der Waals surface area contributed by atoms with Gasteiger partial charge in [-0.15, -0.1) is 0 Å². The molecule has 0 amide bonds. The molecule has 1 fully saturated rings. The molecule has 1 rings (SSSR count). The van der Waals surface area contributed by atoms with Gasteiger partial charge in [0.05, 0.1) is 0 Å². The Morgan fingerprint density at radius 1 is 1.50 bits per heavy atom. The highest BCUT2D eigenvalue weighted by Crippen LogP contribution is 2.45. The van der Waals surface area contributed by atoms with Gasteiger partial charge in [-0.2, -0.15) is 0 Å². The average molecular weight is 114 g/mol. The van der Waals surface area contributed by atoms with E-state index in [0.29, 0.717) is 5.78 Å². The van der Waals surface area contributed by atoms with Crippen LogP contribution in [0.25, 0.3) is 0 Å². The number of carbonyl (C=O) groups excluding carboxylic acids is 1. The Morgan fingerprint density at radius 3 is 1.88 bits per heavy atom. The maximum atomic E-state index is 10.5. The summed E-state index contributed by atoms with van der Waals surface area (Å²) in [7, 11) is 0. The fourth-order valence-corrected chi connectivity index (χ4v) is 0.540. The minimum absolute atomic E-state index is 0. The van der Waals surface area contributed by atoms with Gasteiger partial charge in [-0.1, -0.05) is 14.4 Å². The van der Waals surface area contributed by atoms with Gasteiger partial charge in [-0.25, -0.2) is 0 Å². The Hall–Kier alpha value is -0.330. The smallest absolute Gasteiger partial charge is 0.135 e. The fourth-order valence-electron chi connectivity index (χ4n) is 0.540. The summed E-state index contributed by atoms with van der Waals surface area (Å²) < 4.78 is 0. The molecule has 0 bridgehead atoms. The number of rotatable bonds is 1. The standard InChI is InChI=1S/C6H10O.CH4/c1-5(7)6(2)3-4-6;/h3-4H2,1-2H3;1H4. The summed E-state index contributed by atoms with van der Waals surface area (Å²) in [6.07, 6.45) is 2.23. The summed E-state index contributed by atoms with van der Waals surface area (Å²) in [6.45, 7) is 3.70. The maximum Gasteiger partial charge on any atom is 0.135 e. The molecule has 0 aromatic heterocycles. The molecule has 48 valence electrons. The van der Waals surface area contributed by atoms with Crippen molar-refractivity contribution in [1.82, 2.24) is 0 Å². The van der Waals surface area contributed by atoms with Gasteiger partial charge in [0.2, 0.25) is 0 Å². The molecule has 0 radical (unpaired) electrons. The van der Waals surface area contributed by atoms with Gasteiger partial charge in [-0.05, 0) is 19.8 Å². The van der Waals surface area contributed by atoms with Crippen LogP contribution in [0.2, 0.25) is 0 Å². The topological polar surface area (TPSA) is 17.1 Å². The highest BCUT2D eigenvalue weighted by molar-refractivity contribution is 5.84. The van der Waals surface area contributed by atoms with E-state index < -0.39 is 0 Å². The van der Waals surface area contributed by atoms with E-state index in [1.54, 1.807) is 6.92 Å². The summed E-state index contributed by atoms with van der Waals surface area (Å²) in [5, 5.41) is 0. The lowest BCUT2D eigenvalue weighted by Gasteiger charge is -1.96. The number of ketones is 1. The third kappa shape index (κ3) is 1.09. The highest BCUT2D eigenvalue weighted by Gasteiger charge is 2.41. The van der Waals surface area contributed by atoms with Gasteiger partial charge in [0.15, 0.2) is 0 Å². The van der Waals surface area contributed by atoms with Crippen LogP contribution in [-0.4, -0.2) is 5.78 Å². The van der Waals surface area contributed by atoms with E-state index in [-0.39, 0.29) is 12.8 Å². The lowest BCUT2D eigenvalue weighted by Crippen LogP contribution is -2.04. The van der Waals surface area contributed by atoms with Crippen molar-refractivity contribution in [1.29, 1.82) is 0 Å². The molecule has 0 spiro atoms. The van der Waals surface area contributed by atoms with Gasteiger partial charge in [0.1, 0.15) is 5.78 Å². The van der Waals surface area contributed by atoms with Gasteiger partial charge < -0.3 is 0 Å². The molecule has 0 unspecified atom stereocenters. The van der Waals surface area contributed by atoms with Crippen LogP contribution < -0.4 is 0 Å². The van der Waals surface area contributed by atoms with E-state index in [0.717, 1.165) is 12.8 Å². The van der Waals surface area contributed by atoms with Crippen molar-refractivity contribution in [2.75, 3.05) is 0 Å². The molecule has 0 heterocycles. The molecule has 0 saturated heterocycles. The summed E-state index contributed by atoms with van der Waals surface area (Å²) in [4.78, 5) is 10.5. The molecule has 0 aliphatic heterocycles. The number of carbonyl (C=O) groups is 1. The first-order valence-corrected chi connectivity index (χ1v) is 2.66. The zero-order valence-corrected chi connectivity index (χ0v) is 4.82. The van der Waals surface area contributed by atoms with Crippen molar-refractivity contribution in [3.05, 3.63) is 0 Å². The third-order valence-electron chi connectivity index (χ3n) is 1.85. The van der Waals surface area contributed by atoms with Crippen LogP contribution in [-0.2, 0) is 4.79 Å². The third-order valence-corrected chi connectivity index (χ3v) is 1.85. The number of Topliss-reactive ketones (excluding diaryl/α,β-unsaturated/α-hetero) is 1. The van der Waals surface area contributed by atoms with Gasteiger partial charge in [0, 0.05) is 5.41 Å². The molecule has 8 heavy (non-hydrogen) atoms. The molecule has 0 aromatic rings. The van der Waals surface area contributed by atoms with E-state index in [1.807, 2.05) is 6.92 Å². The normalized spacial score (nSPS) is 21.2. The first kappa shape index (κ1) is 7.67. The predicted octanol–water partition coefficient (Wildman–Crippen LogP) is 2.01. The van der Waals surface area contributed by atoms with E-state index in [2.05, 4.69) is 0 Å². The van der Waals surface area contributed by atoms with E-state index in [4.69, 9.17) is 0 Å². The van der Waals surface area contributed by atoms with Crippen molar-refractivity contribution in [3.8, 4) is 0 Å². The van der Waals surface area contributed by atoms with E-state index >= 15 is 0 Å².